The average molecular weight is 352 g/mol. The second-order valence-corrected chi connectivity index (χ2v) is 6.29. The standard InChI is InChI=1S/C20H20N2O4/c1-12-8-15(25-11-18(21)23)10-16-19(12)20(24)17(26-16)9-13-4-6-14(7-5-13)22(2)3/h4-10H,11H2,1-3H3,(H2,21,23)/b17-9-. The van der Waals surface area contributed by atoms with Gasteiger partial charge in [-0.15, -0.1) is 0 Å². The zero-order valence-electron chi connectivity index (χ0n) is 14.9. The van der Waals surface area contributed by atoms with Crippen molar-refractivity contribution in [3.8, 4) is 11.5 Å². The summed E-state index contributed by atoms with van der Waals surface area (Å²) in [5.41, 5.74) is 8.26. The summed E-state index contributed by atoms with van der Waals surface area (Å²) in [6.07, 6.45) is 1.71. The molecule has 0 radical (unpaired) electrons. The van der Waals surface area contributed by atoms with E-state index >= 15 is 0 Å². The molecule has 0 spiro atoms. The SMILES string of the molecule is Cc1cc(OCC(N)=O)cc2c1C(=O)/C(=C/c1ccc(N(C)C)cc1)O2. The zero-order chi connectivity index (χ0) is 18.8. The molecule has 1 heterocycles. The molecule has 2 aromatic carbocycles. The summed E-state index contributed by atoms with van der Waals surface area (Å²) in [7, 11) is 3.93. The number of amides is 1. The second kappa shape index (κ2) is 6.92. The topological polar surface area (TPSA) is 81.9 Å². The summed E-state index contributed by atoms with van der Waals surface area (Å²) < 4.78 is 11.0. The number of nitrogens with zero attached hydrogens (tertiary/aromatic N) is 1. The van der Waals surface area contributed by atoms with Crippen molar-refractivity contribution >= 4 is 23.5 Å². The van der Waals surface area contributed by atoms with E-state index in [1.54, 1.807) is 25.1 Å². The highest BCUT2D eigenvalue weighted by Crippen LogP contribution is 2.37. The number of Topliss-reactive ketones (excluding diaryl/α,β-unsaturated/α-hetero) is 1. The van der Waals surface area contributed by atoms with E-state index in [0.29, 0.717) is 17.1 Å². The van der Waals surface area contributed by atoms with Crippen molar-refractivity contribution < 1.29 is 19.1 Å². The van der Waals surface area contributed by atoms with Gasteiger partial charge in [-0.1, -0.05) is 12.1 Å². The molecule has 0 unspecified atom stereocenters. The van der Waals surface area contributed by atoms with E-state index < -0.39 is 5.91 Å². The van der Waals surface area contributed by atoms with Crippen LogP contribution >= 0.6 is 0 Å². The number of hydrogen-bond acceptors (Lipinski definition) is 5. The first-order valence-electron chi connectivity index (χ1n) is 8.12. The number of hydrogen-bond donors (Lipinski definition) is 1. The van der Waals surface area contributed by atoms with E-state index in [4.69, 9.17) is 15.2 Å². The predicted molar refractivity (Wildman–Crippen MR) is 99.6 cm³/mol. The van der Waals surface area contributed by atoms with Crippen LogP contribution < -0.4 is 20.1 Å². The Morgan fingerprint density at radius 2 is 1.92 bits per heavy atom. The van der Waals surface area contributed by atoms with Gasteiger partial charge >= 0.3 is 0 Å². The lowest BCUT2D eigenvalue weighted by Gasteiger charge is -2.11. The van der Waals surface area contributed by atoms with E-state index in [1.807, 2.05) is 43.3 Å². The molecule has 1 amide bonds. The van der Waals surface area contributed by atoms with E-state index in [1.165, 1.54) is 0 Å². The lowest BCUT2D eigenvalue weighted by molar-refractivity contribution is -0.119. The Morgan fingerprint density at radius 3 is 2.54 bits per heavy atom. The van der Waals surface area contributed by atoms with Crippen molar-refractivity contribution in [2.24, 2.45) is 5.73 Å². The largest absolute Gasteiger partial charge is 0.484 e. The summed E-state index contributed by atoms with van der Waals surface area (Å²) >= 11 is 0. The minimum absolute atomic E-state index is 0.171. The van der Waals surface area contributed by atoms with Crippen molar-refractivity contribution in [1.82, 2.24) is 0 Å². The number of allylic oxidation sites excluding steroid dienone is 1. The molecular formula is C20H20N2O4. The van der Waals surface area contributed by atoms with Crippen LogP contribution in [-0.2, 0) is 4.79 Å². The lowest BCUT2D eigenvalue weighted by Crippen LogP contribution is -2.20. The number of anilines is 1. The number of carbonyl (C=O) groups is 2. The molecule has 3 rings (SSSR count). The summed E-state index contributed by atoms with van der Waals surface area (Å²) in [4.78, 5) is 25.5. The van der Waals surface area contributed by atoms with Crippen LogP contribution in [0.4, 0.5) is 5.69 Å². The van der Waals surface area contributed by atoms with Crippen molar-refractivity contribution in [2.45, 2.75) is 6.92 Å². The third kappa shape index (κ3) is 3.54. The molecule has 2 aromatic rings. The van der Waals surface area contributed by atoms with E-state index in [0.717, 1.165) is 16.8 Å². The number of nitrogens with two attached hydrogens (primary N) is 1. The average Bonchev–Trinajstić information content (AvgIpc) is 2.89. The highest BCUT2D eigenvalue weighted by Gasteiger charge is 2.30. The highest BCUT2D eigenvalue weighted by molar-refractivity contribution is 6.15. The van der Waals surface area contributed by atoms with Gasteiger partial charge in [-0.3, -0.25) is 9.59 Å². The van der Waals surface area contributed by atoms with Crippen LogP contribution in [0.3, 0.4) is 0 Å². The molecule has 0 bridgehead atoms. The van der Waals surface area contributed by atoms with Gasteiger partial charge in [0, 0.05) is 25.8 Å². The van der Waals surface area contributed by atoms with Crippen molar-refractivity contribution in [2.75, 3.05) is 25.6 Å². The molecule has 134 valence electrons. The molecule has 0 aromatic heterocycles. The third-order valence-electron chi connectivity index (χ3n) is 4.03. The van der Waals surface area contributed by atoms with Gasteiger partial charge < -0.3 is 20.1 Å². The minimum Gasteiger partial charge on any atom is -0.484 e. The predicted octanol–water partition coefficient (Wildman–Crippen LogP) is 2.54. The summed E-state index contributed by atoms with van der Waals surface area (Å²) in [5.74, 6) is 0.375. The Labute approximate surface area is 151 Å². The molecule has 0 fully saturated rings. The van der Waals surface area contributed by atoms with Crippen LogP contribution in [0.15, 0.2) is 42.2 Å². The molecule has 6 heteroatoms. The molecule has 2 N–H and O–H groups in total. The summed E-state index contributed by atoms with van der Waals surface area (Å²) in [6, 6.07) is 11.1. The number of ether oxygens (including phenoxy) is 2. The first kappa shape index (κ1) is 17.5. The summed E-state index contributed by atoms with van der Waals surface area (Å²) in [5, 5.41) is 0. The fourth-order valence-corrected chi connectivity index (χ4v) is 2.74. The van der Waals surface area contributed by atoms with E-state index in [9.17, 15) is 9.59 Å². The molecular weight excluding hydrogens is 332 g/mol. The number of aryl methyl sites for hydroxylation is 1. The molecule has 0 saturated heterocycles. The second-order valence-electron chi connectivity index (χ2n) is 6.29. The Bertz CT molecular complexity index is 899. The molecule has 6 nitrogen and oxygen atoms in total. The van der Waals surface area contributed by atoms with Gasteiger partial charge in [-0.25, -0.2) is 0 Å². The fourth-order valence-electron chi connectivity index (χ4n) is 2.74. The number of primary amides is 1. The van der Waals surface area contributed by atoms with Gasteiger partial charge in [0.2, 0.25) is 5.78 Å². The first-order valence-corrected chi connectivity index (χ1v) is 8.12. The van der Waals surface area contributed by atoms with Crippen molar-refractivity contribution in [1.29, 1.82) is 0 Å². The maximum Gasteiger partial charge on any atom is 0.255 e. The van der Waals surface area contributed by atoms with Crippen LogP contribution in [0, 0.1) is 6.92 Å². The Hall–Kier alpha value is -3.28. The normalized spacial score (nSPS) is 14.1. The lowest BCUT2D eigenvalue weighted by atomic mass is 10.0. The fraction of sp³-hybridized carbons (Fsp3) is 0.200. The van der Waals surface area contributed by atoms with Gasteiger partial charge in [0.05, 0.1) is 5.56 Å². The van der Waals surface area contributed by atoms with Crippen LogP contribution in [-0.4, -0.2) is 32.4 Å². The molecule has 0 atom stereocenters. The van der Waals surface area contributed by atoms with E-state index in [2.05, 4.69) is 0 Å². The maximum atomic E-state index is 12.7. The third-order valence-corrected chi connectivity index (χ3v) is 4.03. The van der Waals surface area contributed by atoms with Crippen LogP contribution in [0.25, 0.3) is 6.08 Å². The number of benzene rings is 2. The van der Waals surface area contributed by atoms with Crippen LogP contribution in [0.5, 0.6) is 11.5 Å². The molecule has 0 saturated carbocycles. The first-order chi connectivity index (χ1) is 12.3. The number of ketones is 1. The Kier molecular flexibility index (Phi) is 4.67. The van der Waals surface area contributed by atoms with Gasteiger partial charge in [0.1, 0.15) is 11.5 Å². The van der Waals surface area contributed by atoms with Crippen LogP contribution in [0.2, 0.25) is 0 Å². The smallest absolute Gasteiger partial charge is 0.255 e. The monoisotopic (exact) mass is 352 g/mol. The van der Waals surface area contributed by atoms with E-state index in [-0.39, 0.29) is 18.1 Å². The Morgan fingerprint density at radius 1 is 1.23 bits per heavy atom. The van der Waals surface area contributed by atoms with Gasteiger partial charge in [0.25, 0.3) is 5.91 Å². The van der Waals surface area contributed by atoms with Crippen molar-refractivity contribution in [3.63, 3.8) is 0 Å². The quantitative estimate of drug-likeness (QED) is 0.836. The number of fused-ring (bicyclic) bond motifs is 1. The Balaban J connectivity index is 1.86. The van der Waals surface area contributed by atoms with Crippen LogP contribution in [0.1, 0.15) is 21.5 Å². The number of carbonyl (C=O) groups excluding carboxylic acids is 2. The molecule has 26 heavy (non-hydrogen) atoms. The molecule has 1 aliphatic rings. The van der Waals surface area contributed by atoms with Gasteiger partial charge in [-0.05, 0) is 42.3 Å². The molecule has 0 aliphatic carbocycles. The zero-order valence-corrected chi connectivity index (χ0v) is 14.9. The highest BCUT2D eigenvalue weighted by atomic mass is 16.5. The van der Waals surface area contributed by atoms with Gasteiger partial charge in [0.15, 0.2) is 12.4 Å². The van der Waals surface area contributed by atoms with Crippen molar-refractivity contribution in [3.05, 3.63) is 58.8 Å². The number of rotatable bonds is 5. The van der Waals surface area contributed by atoms with Gasteiger partial charge in [-0.2, -0.15) is 0 Å². The maximum absolute atomic E-state index is 12.7. The molecule has 1 aliphatic heterocycles. The summed E-state index contributed by atoms with van der Waals surface area (Å²) in [6.45, 7) is 1.57. The minimum atomic E-state index is -0.568.